The lowest BCUT2D eigenvalue weighted by Crippen LogP contribution is -2.52. The van der Waals surface area contributed by atoms with Crippen LogP contribution < -0.4 is 5.56 Å². The fourth-order valence-corrected chi connectivity index (χ4v) is 6.93. The molecule has 1 amide bonds. The van der Waals surface area contributed by atoms with Crippen molar-refractivity contribution in [3.05, 3.63) is 40.9 Å². The van der Waals surface area contributed by atoms with Gasteiger partial charge in [0.2, 0.25) is 5.91 Å². The number of fused-ring (bicyclic) bond motifs is 2. The minimum atomic E-state index is 0.0359. The summed E-state index contributed by atoms with van der Waals surface area (Å²) in [6.45, 7) is 5.31. The van der Waals surface area contributed by atoms with Crippen LogP contribution in [0.1, 0.15) is 57.8 Å². The second-order valence-corrected chi connectivity index (χ2v) is 11.2. The minimum Gasteiger partial charge on any atom is -0.383 e. The van der Waals surface area contributed by atoms with E-state index in [1.807, 2.05) is 24.3 Å². The average Bonchev–Trinajstić information content (AvgIpc) is 2.93. The van der Waals surface area contributed by atoms with Crippen LogP contribution in [0, 0.1) is 17.8 Å². The first-order valence-electron chi connectivity index (χ1n) is 14.1. The number of hydrogen-bond donors (Lipinski definition) is 0. The molecule has 7 heteroatoms. The molecule has 0 unspecified atom stereocenters. The number of benzene rings is 1. The highest BCUT2D eigenvalue weighted by molar-refractivity contribution is 5.79. The number of ether oxygens (including phenoxy) is 1. The van der Waals surface area contributed by atoms with E-state index >= 15 is 0 Å². The predicted molar refractivity (Wildman–Crippen MR) is 142 cm³/mol. The molecule has 3 aliphatic rings. The number of piperidine rings is 2. The zero-order valence-electron chi connectivity index (χ0n) is 21.8. The molecule has 1 aliphatic carbocycles. The molecule has 196 valence electrons. The van der Waals surface area contributed by atoms with Crippen LogP contribution in [0.2, 0.25) is 0 Å². The van der Waals surface area contributed by atoms with Crippen LogP contribution in [-0.4, -0.2) is 71.2 Å². The van der Waals surface area contributed by atoms with Gasteiger partial charge in [-0.2, -0.15) is 0 Å². The predicted octanol–water partition coefficient (Wildman–Crippen LogP) is 3.94. The number of amides is 1. The number of carbonyl (C=O) groups excluding carboxylic acids is 1. The zero-order valence-corrected chi connectivity index (χ0v) is 21.8. The van der Waals surface area contributed by atoms with Gasteiger partial charge in [-0.25, -0.2) is 4.98 Å². The number of methoxy groups -OCH3 is 1. The Morgan fingerprint density at radius 1 is 1.06 bits per heavy atom. The van der Waals surface area contributed by atoms with Gasteiger partial charge in [-0.1, -0.05) is 18.6 Å². The van der Waals surface area contributed by atoms with Crippen molar-refractivity contribution in [3.63, 3.8) is 0 Å². The van der Waals surface area contributed by atoms with Crippen LogP contribution in [0.25, 0.3) is 10.9 Å². The van der Waals surface area contributed by atoms with Crippen molar-refractivity contribution < 1.29 is 9.53 Å². The van der Waals surface area contributed by atoms with Crippen LogP contribution in [0.4, 0.5) is 0 Å². The summed E-state index contributed by atoms with van der Waals surface area (Å²) in [7, 11) is 1.72. The first-order chi connectivity index (χ1) is 17.6. The molecule has 3 heterocycles. The SMILES string of the molecule is COCCN(C[C@@H]1CCCN2CCCC[C@H]12)C(=O)C1CCC(Cn2cnc3ccccc3c2=O)CC1. The second kappa shape index (κ2) is 11.9. The van der Waals surface area contributed by atoms with Crippen LogP contribution in [0.15, 0.2) is 35.4 Å². The fraction of sp³-hybridized carbons (Fsp3) is 0.690. The average molecular weight is 495 g/mol. The maximum Gasteiger partial charge on any atom is 0.261 e. The zero-order chi connectivity index (χ0) is 24.9. The van der Waals surface area contributed by atoms with E-state index in [-0.39, 0.29) is 11.5 Å². The standard InChI is InChI=1S/C29H42N4O3/c1-36-18-17-32(20-24-7-6-16-31-15-5-4-10-27(24)31)28(34)23-13-11-22(12-14-23)19-33-21-30-26-9-3-2-8-25(26)29(33)35/h2-3,8-9,21-24,27H,4-7,10-20H2,1H3/t22?,23?,24-,27+/m0/s1. The Kier molecular flexibility index (Phi) is 8.37. The quantitative estimate of drug-likeness (QED) is 0.556. The van der Waals surface area contributed by atoms with Crippen LogP contribution in [-0.2, 0) is 16.1 Å². The fourth-order valence-electron chi connectivity index (χ4n) is 6.93. The lowest BCUT2D eigenvalue weighted by molar-refractivity contribution is -0.139. The second-order valence-electron chi connectivity index (χ2n) is 11.2. The van der Waals surface area contributed by atoms with E-state index in [4.69, 9.17) is 4.74 Å². The molecule has 36 heavy (non-hydrogen) atoms. The molecular weight excluding hydrogens is 452 g/mol. The Bertz CT molecular complexity index is 1080. The molecule has 0 radical (unpaired) electrons. The summed E-state index contributed by atoms with van der Waals surface area (Å²) in [4.78, 5) is 35.9. The summed E-state index contributed by atoms with van der Waals surface area (Å²) in [6, 6.07) is 8.18. The summed E-state index contributed by atoms with van der Waals surface area (Å²) in [6.07, 6.45) is 11.9. The van der Waals surface area contributed by atoms with Gasteiger partial charge in [0.15, 0.2) is 0 Å². The van der Waals surface area contributed by atoms with E-state index in [2.05, 4.69) is 14.8 Å². The summed E-state index contributed by atoms with van der Waals surface area (Å²) < 4.78 is 7.15. The first-order valence-corrected chi connectivity index (χ1v) is 14.1. The van der Waals surface area contributed by atoms with Crippen LogP contribution in [0.5, 0.6) is 0 Å². The number of nitrogens with zero attached hydrogens (tertiary/aromatic N) is 4. The van der Waals surface area contributed by atoms with Gasteiger partial charge in [0.25, 0.3) is 5.56 Å². The molecule has 1 aromatic carbocycles. The van der Waals surface area contributed by atoms with Crippen molar-refractivity contribution in [3.8, 4) is 0 Å². The molecular formula is C29H42N4O3. The molecule has 2 aliphatic heterocycles. The number of para-hydroxylation sites is 1. The highest BCUT2D eigenvalue weighted by Gasteiger charge is 2.36. The Hall–Kier alpha value is -2.25. The van der Waals surface area contributed by atoms with Gasteiger partial charge >= 0.3 is 0 Å². The van der Waals surface area contributed by atoms with E-state index in [0.717, 1.165) is 37.7 Å². The maximum absolute atomic E-state index is 13.7. The molecule has 2 atom stereocenters. The van der Waals surface area contributed by atoms with Crippen molar-refractivity contribution in [2.24, 2.45) is 17.8 Å². The van der Waals surface area contributed by atoms with E-state index < -0.39 is 0 Å². The van der Waals surface area contributed by atoms with Crippen molar-refractivity contribution in [1.82, 2.24) is 19.4 Å². The van der Waals surface area contributed by atoms with Gasteiger partial charge in [0.1, 0.15) is 0 Å². The van der Waals surface area contributed by atoms with Crippen LogP contribution in [0.3, 0.4) is 0 Å². The molecule has 0 bridgehead atoms. The number of hydrogen-bond acceptors (Lipinski definition) is 5. The number of rotatable bonds is 8. The third kappa shape index (κ3) is 5.67. The molecule has 1 saturated carbocycles. The third-order valence-corrected chi connectivity index (χ3v) is 8.94. The van der Waals surface area contributed by atoms with Crippen molar-refractivity contribution in [2.45, 2.75) is 70.4 Å². The first kappa shape index (κ1) is 25.4. The Morgan fingerprint density at radius 2 is 1.86 bits per heavy atom. The molecule has 7 nitrogen and oxygen atoms in total. The maximum atomic E-state index is 13.7. The number of aromatic nitrogens is 2. The number of carbonyl (C=O) groups is 1. The van der Waals surface area contributed by atoms with E-state index in [1.165, 1.54) is 45.2 Å². The molecule has 1 aromatic heterocycles. The summed E-state index contributed by atoms with van der Waals surface area (Å²) >= 11 is 0. The van der Waals surface area contributed by atoms with Crippen LogP contribution >= 0.6 is 0 Å². The Balaban J connectivity index is 1.19. The summed E-state index contributed by atoms with van der Waals surface area (Å²) in [5, 5.41) is 0.678. The Labute approximate surface area is 214 Å². The minimum absolute atomic E-state index is 0.0359. The van der Waals surface area contributed by atoms with E-state index in [1.54, 1.807) is 18.0 Å². The van der Waals surface area contributed by atoms with Gasteiger partial charge in [-0.05, 0) is 88.4 Å². The van der Waals surface area contributed by atoms with Crippen molar-refractivity contribution >= 4 is 16.8 Å². The third-order valence-electron chi connectivity index (χ3n) is 8.94. The topological polar surface area (TPSA) is 67.7 Å². The molecule has 2 aromatic rings. The van der Waals surface area contributed by atoms with Gasteiger partial charge < -0.3 is 14.5 Å². The lowest BCUT2D eigenvalue weighted by atomic mass is 9.80. The van der Waals surface area contributed by atoms with Gasteiger partial charge in [0.05, 0.1) is 23.8 Å². The van der Waals surface area contributed by atoms with Crippen molar-refractivity contribution in [2.75, 3.05) is 39.9 Å². The highest BCUT2D eigenvalue weighted by Crippen LogP contribution is 2.34. The van der Waals surface area contributed by atoms with Gasteiger partial charge in [-0.15, -0.1) is 0 Å². The normalized spacial score (nSPS) is 27.0. The Morgan fingerprint density at radius 3 is 2.69 bits per heavy atom. The highest BCUT2D eigenvalue weighted by atomic mass is 16.5. The molecule has 0 spiro atoms. The molecule has 3 fully saturated rings. The molecule has 2 saturated heterocycles. The monoisotopic (exact) mass is 494 g/mol. The van der Waals surface area contributed by atoms with E-state index in [9.17, 15) is 9.59 Å². The van der Waals surface area contributed by atoms with Gasteiger partial charge in [0, 0.05) is 38.7 Å². The summed E-state index contributed by atoms with van der Waals surface area (Å²) in [5.41, 5.74) is 0.785. The lowest BCUT2D eigenvalue weighted by Gasteiger charge is -2.46. The van der Waals surface area contributed by atoms with Crippen molar-refractivity contribution in [1.29, 1.82) is 0 Å². The molecule has 5 rings (SSSR count). The largest absolute Gasteiger partial charge is 0.383 e. The van der Waals surface area contributed by atoms with Gasteiger partial charge in [-0.3, -0.25) is 14.2 Å². The smallest absolute Gasteiger partial charge is 0.261 e. The molecule has 0 N–H and O–H groups in total. The van der Waals surface area contributed by atoms with E-state index in [0.29, 0.717) is 48.9 Å². The summed E-state index contributed by atoms with van der Waals surface area (Å²) in [5.74, 6) is 1.42.